The first-order chi connectivity index (χ1) is 11.7. The van der Waals surface area contributed by atoms with Gasteiger partial charge >= 0.3 is 0 Å². The van der Waals surface area contributed by atoms with Gasteiger partial charge in [-0.15, -0.1) is 23.7 Å². The third-order valence-electron chi connectivity index (χ3n) is 3.69. The molecule has 5 nitrogen and oxygen atoms in total. The molecule has 1 atom stereocenters. The number of carbonyl (C=O) groups excluding carboxylic acids is 2. The van der Waals surface area contributed by atoms with E-state index in [0.29, 0.717) is 22.7 Å². The molecule has 0 radical (unpaired) electrons. The average Bonchev–Trinajstić information content (AvgIpc) is 3.13. The number of carbonyl (C=O) groups is 2. The highest BCUT2D eigenvalue weighted by molar-refractivity contribution is 7.12. The third kappa shape index (κ3) is 6.16. The monoisotopic (exact) mass is 381 g/mol. The molecule has 0 aliphatic carbocycles. The van der Waals surface area contributed by atoms with Crippen LogP contribution in [0.25, 0.3) is 0 Å². The van der Waals surface area contributed by atoms with Crippen LogP contribution in [0.1, 0.15) is 46.2 Å². The van der Waals surface area contributed by atoms with Gasteiger partial charge in [0.2, 0.25) is 0 Å². The van der Waals surface area contributed by atoms with E-state index in [4.69, 9.17) is 5.73 Å². The van der Waals surface area contributed by atoms with Crippen LogP contribution in [0.4, 0.5) is 5.69 Å². The standard InChI is InChI=1S/C18H23N3O2S.ClH/c1-2-3-7-13(12-19)20-17(22)14-8-4-5-9-15(14)21-18(23)16-10-6-11-24-16;/h4-6,8-11,13H,2-3,7,12,19H2,1H3,(H,20,22)(H,21,23);1H. The minimum Gasteiger partial charge on any atom is -0.348 e. The van der Waals surface area contributed by atoms with Crippen LogP contribution < -0.4 is 16.4 Å². The molecule has 0 aliphatic heterocycles. The molecule has 2 amide bonds. The Labute approximate surface area is 158 Å². The molecule has 4 N–H and O–H groups in total. The molecule has 0 bridgehead atoms. The number of unbranched alkanes of at least 4 members (excludes halogenated alkanes) is 1. The van der Waals surface area contributed by atoms with Crippen LogP contribution in [0.3, 0.4) is 0 Å². The van der Waals surface area contributed by atoms with Crippen LogP contribution in [0.2, 0.25) is 0 Å². The lowest BCUT2D eigenvalue weighted by molar-refractivity contribution is 0.0936. The minimum atomic E-state index is -0.219. The SMILES string of the molecule is CCCCC(CN)NC(=O)c1ccccc1NC(=O)c1cccs1.Cl. The Bertz CT molecular complexity index is 677. The van der Waals surface area contributed by atoms with Crippen LogP contribution in [-0.4, -0.2) is 24.4 Å². The molecule has 25 heavy (non-hydrogen) atoms. The van der Waals surface area contributed by atoms with Crippen molar-refractivity contribution < 1.29 is 9.59 Å². The molecule has 0 spiro atoms. The molecule has 7 heteroatoms. The molecule has 2 rings (SSSR count). The van der Waals surface area contributed by atoms with Gasteiger partial charge in [0, 0.05) is 12.6 Å². The molecular weight excluding hydrogens is 358 g/mol. The number of amides is 2. The summed E-state index contributed by atoms with van der Waals surface area (Å²) in [7, 11) is 0. The Morgan fingerprint density at radius 1 is 1.16 bits per heavy atom. The number of anilines is 1. The number of hydrogen-bond acceptors (Lipinski definition) is 4. The van der Waals surface area contributed by atoms with E-state index in [1.165, 1.54) is 11.3 Å². The highest BCUT2D eigenvalue weighted by atomic mass is 35.5. The predicted molar refractivity (Wildman–Crippen MR) is 106 cm³/mol. The first kappa shape index (κ1) is 21.2. The Morgan fingerprint density at radius 2 is 1.92 bits per heavy atom. The normalized spacial score (nSPS) is 11.3. The van der Waals surface area contributed by atoms with Gasteiger partial charge < -0.3 is 16.4 Å². The fourth-order valence-electron chi connectivity index (χ4n) is 2.34. The zero-order valence-corrected chi connectivity index (χ0v) is 15.8. The van der Waals surface area contributed by atoms with Gasteiger partial charge in [-0.2, -0.15) is 0 Å². The summed E-state index contributed by atoms with van der Waals surface area (Å²) in [6.45, 7) is 2.50. The first-order valence-electron chi connectivity index (χ1n) is 8.10. The van der Waals surface area contributed by atoms with Crippen molar-refractivity contribution in [2.45, 2.75) is 32.2 Å². The van der Waals surface area contributed by atoms with Gasteiger partial charge in [0.1, 0.15) is 0 Å². The average molecular weight is 382 g/mol. The summed E-state index contributed by atoms with van der Waals surface area (Å²) in [5, 5.41) is 7.60. The zero-order valence-electron chi connectivity index (χ0n) is 14.2. The summed E-state index contributed by atoms with van der Waals surface area (Å²) < 4.78 is 0. The maximum atomic E-state index is 12.6. The van der Waals surface area contributed by atoms with E-state index in [-0.39, 0.29) is 30.3 Å². The van der Waals surface area contributed by atoms with Crippen LogP contribution in [0.15, 0.2) is 41.8 Å². The van der Waals surface area contributed by atoms with E-state index in [1.807, 2.05) is 11.4 Å². The van der Waals surface area contributed by atoms with Gasteiger partial charge in [0.05, 0.1) is 16.1 Å². The van der Waals surface area contributed by atoms with Crippen molar-refractivity contribution >= 4 is 41.2 Å². The number of benzene rings is 1. The molecule has 0 saturated heterocycles. The zero-order chi connectivity index (χ0) is 17.4. The fourth-order valence-corrected chi connectivity index (χ4v) is 2.96. The summed E-state index contributed by atoms with van der Waals surface area (Å²) in [4.78, 5) is 25.4. The van der Waals surface area contributed by atoms with Crippen molar-refractivity contribution in [3.8, 4) is 0 Å². The number of nitrogens with two attached hydrogens (primary N) is 1. The van der Waals surface area contributed by atoms with E-state index in [2.05, 4.69) is 17.6 Å². The summed E-state index contributed by atoms with van der Waals surface area (Å²) >= 11 is 1.36. The Morgan fingerprint density at radius 3 is 2.56 bits per heavy atom. The number of halogens is 1. The number of hydrogen-bond donors (Lipinski definition) is 3. The quantitative estimate of drug-likeness (QED) is 0.652. The van der Waals surface area contributed by atoms with Gasteiger partial charge in [-0.3, -0.25) is 9.59 Å². The molecule has 0 fully saturated rings. The maximum Gasteiger partial charge on any atom is 0.265 e. The highest BCUT2D eigenvalue weighted by Crippen LogP contribution is 2.18. The number of nitrogens with one attached hydrogen (secondary N) is 2. The summed E-state index contributed by atoms with van der Waals surface area (Å²) in [5.41, 5.74) is 6.68. The fraction of sp³-hybridized carbons (Fsp3) is 0.333. The highest BCUT2D eigenvalue weighted by Gasteiger charge is 2.17. The van der Waals surface area contributed by atoms with Gasteiger partial charge in [0.15, 0.2) is 0 Å². The topological polar surface area (TPSA) is 84.2 Å². The van der Waals surface area contributed by atoms with Gasteiger partial charge in [-0.1, -0.05) is 38.0 Å². The van der Waals surface area contributed by atoms with E-state index in [9.17, 15) is 9.59 Å². The third-order valence-corrected chi connectivity index (χ3v) is 4.56. The molecule has 0 aliphatic rings. The van der Waals surface area contributed by atoms with E-state index in [0.717, 1.165) is 19.3 Å². The molecule has 136 valence electrons. The lowest BCUT2D eigenvalue weighted by Crippen LogP contribution is -2.40. The van der Waals surface area contributed by atoms with Crippen molar-refractivity contribution in [1.29, 1.82) is 0 Å². The molecule has 0 saturated carbocycles. The smallest absolute Gasteiger partial charge is 0.265 e. The first-order valence-corrected chi connectivity index (χ1v) is 8.98. The second kappa shape index (κ2) is 10.9. The Hall–Kier alpha value is -1.89. The van der Waals surface area contributed by atoms with Gasteiger partial charge in [-0.25, -0.2) is 0 Å². The van der Waals surface area contributed by atoms with Crippen LogP contribution in [0, 0.1) is 0 Å². The van der Waals surface area contributed by atoms with E-state index < -0.39 is 0 Å². The van der Waals surface area contributed by atoms with Crippen LogP contribution in [-0.2, 0) is 0 Å². The lowest BCUT2D eigenvalue weighted by Gasteiger charge is -2.18. The van der Waals surface area contributed by atoms with Gasteiger partial charge in [0.25, 0.3) is 11.8 Å². The van der Waals surface area contributed by atoms with Crippen molar-refractivity contribution in [2.24, 2.45) is 5.73 Å². The van der Waals surface area contributed by atoms with Gasteiger partial charge in [-0.05, 0) is 30.0 Å². The summed E-state index contributed by atoms with van der Waals surface area (Å²) in [6.07, 6.45) is 2.92. The van der Waals surface area contributed by atoms with Crippen molar-refractivity contribution in [1.82, 2.24) is 5.32 Å². The Kier molecular flexibility index (Phi) is 9.20. The molecule has 1 aromatic carbocycles. The van der Waals surface area contributed by atoms with E-state index >= 15 is 0 Å². The molecular formula is C18H24ClN3O2S. The van der Waals surface area contributed by atoms with Crippen LogP contribution in [0.5, 0.6) is 0 Å². The minimum absolute atomic E-state index is 0. The summed E-state index contributed by atoms with van der Waals surface area (Å²) in [5.74, 6) is -0.435. The molecule has 2 aromatic rings. The van der Waals surface area contributed by atoms with Crippen molar-refractivity contribution in [2.75, 3.05) is 11.9 Å². The van der Waals surface area contributed by atoms with E-state index in [1.54, 1.807) is 30.3 Å². The maximum absolute atomic E-state index is 12.6. The number of para-hydroxylation sites is 1. The Balaban J connectivity index is 0.00000312. The molecule has 1 unspecified atom stereocenters. The molecule has 1 heterocycles. The van der Waals surface area contributed by atoms with Crippen LogP contribution >= 0.6 is 23.7 Å². The largest absolute Gasteiger partial charge is 0.348 e. The van der Waals surface area contributed by atoms with Crippen molar-refractivity contribution in [3.63, 3.8) is 0 Å². The number of rotatable bonds is 8. The second-order valence-corrected chi connectivity index (χ2v) is 6.47. The lowest BCUT2D eigenvalue weighted by atomic mass is 10.1. The molecule has 1 aromatic heterocycles. The van der Waals surface area contributed by atoms with Crippen molar-refractivity contribution in [3.05, 3.63) is 52.2 Å². The summed E-state index contributed by atoms with van der Waals surface area (Å²) in [6, 6.07) is 10.5. The number of thiophene rings is 1. The predicted octanol–water partition coefficient (Wildman–Crippen LogP) is 3.67. The second-order valence-electron chi connectivity index (χ2n) is 5.53.